The number of Topliss-reactive ketones (excluding diaryl/α,β-unsaturated/α-hetero) is 1. The van der Waals surface area contributed by atoms with Gasteiger partial charge in [0.1, 0.15) is 5.78 Å². The molecule has 0 radical (unpaired) electrons. The number of hydrogen-bond donors (Lipinski definition) is 3. The number of aliphatic hydroxyl groups excluding tert-OH is 2. The molecule has 3 fully saturated rings. The Bertz CT molecular complexity index is 1050. The second-order valence-electron chi connectivity index (χ2n) is 12.4. The first kappa shape index (κ1) is 29.3. The zero-order chi connectivity index (χ0) is 27.8. The summed E-state index contributed by atoms with van der Waals surface area (Å²) in [6, 6.07) is -0.282. The predicted molar refractivity (Wildman–Crippen MR) is 147 cm³/mol. The summed E-state index contributed by atoms with van der Waals surface area (Å²) in [5, 5.41) is 28.4. The van der Waals surface area contributed by atoms with Gasteiger partial charge in [-0.25, -0.2) is 4.98 Å². The number of aryl methyl sites for hydroxylation is 1. The SMILES string of the molecule is CC(=Cc1csc(C)n1)[C@@H]1CC2OC2(C)CCC[C@H](C)[C@@H](O)[C@@H](CC2CO2)C(=O)C(C)(C)[C@@H](O)CC(=O)N1. The largest absolute Gasteiger partial charge is 0.392 e. The fraction of sp³-hybridized carbons (Fsp3) is 0.759. The molecule has 212 valence electrons. The summed E-state index contributed by atoms with van der Waals surface area (Å²) < 4.78 is 11.5. The number of ketones is 1. The smallest absolute Gasteiger partial charge is 0.223 e. The molecule has 38 heavy (non-hydrogen) atoms. The number of amides is 1. The van der Waals surface area contributed by atoms with Crippen molar-refractivity contribution in [3.8, 4) is 0 Å². The van der Waals surface area contributed by atoms with Crippen LogP contribution < -0.4 is 5.32 Å². The van der Waals surface area contributed by atoms with Crippen LogP contribution in [0.4, 0.5) is 0 Å². The van der Waals surface area contributed by atoms with Crippen molar-refractivity contribution < 1.29 is 29.3 Å². The summed E-state index contributed by atoms with van der Waals surface area (Å²) in [4.78, 5) is 31.5. The van der Waals surface area contributed by atoms with Crippen LogP contribution in [-0.2, 0) is 19.1 Å². The topological polar surface area (TPSA) is 125 Å². The highest BCUT2D eigenvalue weighted by atomic mass is 32.1. The molecule has 8 atom stereocenters. The maximum absolute atomic E-state index is 13.7. The molecule has 4 heterocycles. The Hall–Kier alpha value is -1.65. The summed E-state index contributed by atoms with van der Waals surface area (Å²) in [6.45, 7) is 12.0. The molecule has 0 aromatic carbocycles. The zero-order valence-electron chi connectivity index (χ0n) is 23.5. The lowest BCUT2D eigenvalue weighted by atomic mass is 9.71. The molecule has 0 aliphatic carbocycles. The normalized spacial score (nSPS) is 38.8. The van der Waals surface area contributed by atoms with E-state index in [1.165, 1.54) is 0 Å². The van der Waals surface area contributed by atoms with Gasteiger partial charge < -0.3 is 25.0 Å². The molecular formula is C29H44N2O6S. The van der Waals surface area contributed by atoms with Crippen molar-refractivity contribution in [1.82, 2.24) is 10.3 Å². The quantitative estimate of drug-likeness (QED) is 0.489. The number of hydrogen-bond acceptors (Lipinski definition) is 8. The number of ether oxygens (including phenoxy) is 2. The van der Waals surface area contributed by atoms with Crippen LogP contribution in [0.3, 0.4) is 0 Å². The summed E-state index contributed by atoms with van der Waals surface area (Å²) in [7, 11) is 0. The Kier molecular flexibility index (Phi) is 8.84. The van der Waals surface area contributed by atoms with Gasteiger partial charge in [0.2, 0.25) is 5.91 Å². The summed E-state index contributed by atoms with van der Waals surface area (Å²) in [6.07, 6.45) is 3.24. The number of thiazole rings is 1. The van der Waals surface area contributed by atoms with Gasteiger partial charge in [-0.3, -0.25) is 9.59 Å². The molecule has 1 aromatic heterocycles. The molecule has 3 N–H and O–H groups in total. The number of nitrogens with zero attached hydrogens (tertiary/aromatic N) is 1. The summed E-state index contributed by atoms with van der Waals surface area (Å²) >= 11 is 1.58. The number of nitrogens with one attached hydrogen (secondary N) is 1. The van der Waals surface area contributed by atoms with E-state index in [1.54, 1.807) is 25.2 Å². The Labute approximate surface area is 230 Å². The van der Waals surface area contributed by atoms with Gasteiger partial charge in [-0.15, -0.1) is 11.3 Å². The van der Waals surface area contributed by atoms with Gasteiger partial charge in [-0.05, 0) is 57.6 Å². The average Bonchev–Trinajstić information content (AvgIpc) is 3.74. The fourth-order valence-corrected chi connectivity index (χ4v) is 6.29. The number of epoxide rings is 2. The van der Waals surface area contributed by atoms with Crippen molar-refractivity contribution in [2.75, 3.05) is 6.61 Å². The number of carbonyl (C=O) groups excluding carboxylic acids is 2. The highest BCUT2D eigenvalue weighted by Gasteiger charge is 2.52. The van der Waals surface area contributed by atoms with Crippen LogP contribution in [0.2, 0.25) is 0 Å². The number of aromatic nitrogens is 1. The second kappa shape index (κ2) is 11.5. The van der Waals surface area contributed by atoms with Gasteiger partial charge in [0.25, 0.3) is 0 Å². The number of aliphatic hydroxyl groups is 2. The molecule has 0 saturated carbocycles. The van der Waals surface area contributed by atoms with Crippen molar-refractivity contribution in [2.24, 2.45) is 17.3 Å². The van der Waals surface area contributed by atoms with Crippen LogP contribution in [0, 0.1) is 24.2 Å². The van der Waals surface area contributed by atoms with Crippen molar-refractivity contribution in [3.63, 3.8) is 0 Å². The third-order valence-electron chi connectivity index (χ3n) is 8.81. The van der Waals surface area contributed by atoms with Crippen molar-refractivity contribution in [1.29, 1.82) is 0 Å². The minimum atomic E-state index is -1.20. The van der Waals surface area contributed by atoms with E-state index in [1.807, 2.05) is 32.2 Å². The number of carbonyl (C=O) groups is 2. The number of fused-ring (bicyclic) bond motifs is 1. The fourth-order valence-electron chi connectivity index (χ4n) is 5.72. The molecule has 3 aliphatic heterocycles. The van der Waals surface area contributed by atoms with E-state index >= 15 is 0 Å². The van der Waals surface area contributed by atoms with Crippen LogP contribution in [0.25, 0.3) is 6.08 Å². The van der Waals surface area contributed by atoms with Crippen LogP contribution >= 0.6 is 11.3 Å². The van der Waals surface area contributed by atoms with E-state index in [4.69, 9.17) is 9.47 Å². The predicted octanol–water partition coefficient (Wildman–Crippen LogP) is 3.82. The van der Waals surface area contributed by atoms with E-state index < -0.39 is 23.5 Å². The second-order valence-corrected chi connectivity index (χ2v) is 13.5. The monoisotopic (exact) mass is 548 g/mol. The molecule has 0 bridgehead atoms. The average molecular weight is 549 g/mol. The van der Waals surface area contributed by atoms with Crippen molar-refractivity contribution in [3.05, 3.63) is 21.7 Å². The first-order valence-electron chi connectivity index (χ1n) is 13.9. The van der Waals surface area contributed by atoms with Crippen molar-refractivity contribution in [2.45, 2.75) is 116 Å². The van der Waals surface area contributed by atoms with Crippen LogP contribution in [0.5, 0.6) is 0 Å². The maximum atomic E-state index is 13.7. The molecular weight excluding hydrogens is 504 g/mol. The van der Waals surface area contributed by atoms with Gasteiger partial charge in [0, 0.05) is 17.7 Å². The van der Waals surface area contributed by atoms with Gasteiger partial charge in [0.15, 0.2) is 0 Å². The minimum Gasteiger partial charge on any atom is -0.392 e. The third-order valence-corrected chi connectivity index (χ3v) is 9.60. The van der Waals surface area contributed by atoms with E-state index in [0.29, 0.717) is 19.4 Å². The lowest BCUT2D eigenvalue weighted by Gasteiger charge is -2.36. The van der Waals surface area contributed by atoms with E-state index in [9.17, 15) is 19.8 Å². The standard InChI is InChI=1S/C29H44N2O6S/c1-16-8-7-9-29(6)24(37-29)12-22(17(2)10-19-15-38-18(3)30-19)31-25(33)13-23(32)28(4,5)27(35)21(26(16)34)11-20-14-36-20/h10,15-16,20-24,26,32,34H,7-9,11-14H2,1-6H3,(H,31,33)/t16-,20?,21+,22-,23-,24?,26+,29?/m0/s1. The van der Waals surface area contributed by atoms with E-state index in [2.05, 4.69) is 17.2 Å². The highest BCUT2D eigenvalue weighted by molar-refractivity contribution is 7.09. The molecule has 3 unspecified atom stereocenters. The minimum absolute atomic E-state index is 0.00385. The van der Waals surface area contributed by atoms with Gasteiger partial charge in [-0.2, -0.15) is 0 Å². The highest BCUT2D eigenvalue weighted by Crippen LogP contribution is 2.45. The molecule has 8 nitrogen and oxygen atoms in total. The van der Waals surface area contributed by atoms with Crippen LogP contribution in [-0.4, -0.2) is 69.6 Å². The molecule has 1 amide bonds. The molecule has 3 aliphatic rings. The summed E-state index contributed by atoms with van der Waals surface area (Å²) in [5.74, 6) is -1.29. The third kappa shape index (κ3) is 6.91. The molecule has 3 saturated heterocycles. The van der Waals surface area contributed by atoms with Gasteiger partial charge in [0.05, 0.1) is 65.2 Å². The zero-order valence-corrected chi connectivity index (χ0v) is 24.3. The first-order chi connectivity index (χ1) is 17.8. The lowest BCUT2D eigenvalue weighted by molar-refractivity contribution is -0.144. The molecule has 4 rings (SSSR count). The Balaban J connectivity index is 1.58. The molecule has 9 heteroatoms. The Morgan fingerprint density at radius 3 is 2.63 bits per heavy atom. The van der Waals surface area contributed by atoms with E-state index in [-0.39, 0.29) is 47.9 Å². The van der Waals surface area contributed by atoms with Gasteiger partial charge >= 0.3 is 0 Å². The van der Waals surface area contributed by atoms with Gasteiger partial charge in [-0.1, -0.05) is 27.2 Å². The molecule has 1 aromatic rings. The Morgan fingerprint density at radius 2 is 2.00 bits per heavy atom. The number of rotatable bonds is 4. The maximum Gasteiger partial charge on any atom is 0.223 e. The lowest BCUT2D eigenvalue weighted by Crippen LogP contribution is -2.48. The van der Waals surface area contributed by atoms with Crippen molar-refractivity contribution >= 4 is 29.1 Å². The van der Waals surface area contributed by atoms with Crippen LogP contribution in [0.15, 0.2) is 11.0 Å². The summed E-state index contributed by atoms with van der Waals surface area (Å²) in [5.41, 5.74) is 0.344. The van der Waals surface area contributed by atoms with E-state index in [0.717, 1.165) is 35.5 Å². The Morgan fingerprint density at radius 1 is 1.29 bits per heavy atom. The molecule has 0 spiro atoms. The first-order valence-corrected chi connectivity index (χ1v) is 14.8. The van der Waals surface area contributed by atoms with Crippen LogP contribution in [0.1, 0.15) is 83.8 Å².